The van der Waals surface area contributed by atoms with Crippen molar-refractivity contribution in [2.45, 2.75) is 33.1 Å². The third-order valence-corrected chi connectivity index (χ3v) is 4.94. The summed E-state index contributed by atoms with van der Waals surface area (Å²) in [7, 11) is 0. The number of thiazole rings is 1. The van der Waals surface area contributed by atoms with Crippen LogP contribution in [0.4, 0.5) is 5.69 Å². The number of para-hydroxylation sites is 1. The third-order valence-electron chi connectivity index (χ3n) is 3.87. The first kappa shape index (κ1) is 16.5. The van der Waals surface area contributed by atoms with Gasteiger partial charge in [-0.1, -0.05) is 25.5 Å². The summed E-state index contributed by atoms with van der Waals surface area (Å²) in [6.45, 7) is 3.89. The molecule has 5 heteroatoms. The second-order valence-electron chi connectivity index (χ2n) is 5.83. The van der Waals surface area contributed by atoms with E-state index in [4.69, 9.17) is 0 Å². The molecule has 0 aliphatic rings. The lowest BCUT2D eigenvalue weighted by atomic mass is 10.1. The van der Waals surface area contributed by atoms with Crippen molar-refractivity contribution in [2.75, 3.05) is 5.32 Å². The number of phenols is 1. The number of aromatic hydroxyl groups is 1. The summed E-state index contributed by atoms with van der Waals surface area (Å²) < 4.78 is 1.07. The Labute approximate surface area is 145 Å². The molecule has 0 saturated carbocycles. The van der Waals surface area contributed by atoms with Crippen LogP contribution in [0.1, 0.15) is 31.7 Å². The zero-order valence-corrected chi connectivity index (χ0v) is 14.6. The molecule has 0 bridgehead atoms. The number of nitrogens with one attached hydrogen (secondary N) is 1. The Hall–Kier alpha value is -2.40. The second-order valence-corrected chi connectivity index (χ2v) is 6.86. The Kier molecular flexibility index (Phi) is 4.81. The molecule has 0 fully saturated rings. The van der Waals surface area contributed by atoms with Crippen LogP contribution in [0.25, 0.3) is 20.8 Å². The molecule has 4 nitrogen and oxygen atoms in total. The first-order chi connectivity index (χ1) is 11.6. The number of unbranched alkanes of at least 4 members (excludes halogenated alkanes) is 1. The van der Waals surface area contributed by atoms with Crippen LogP contribution in [0.2, 0.25) is 0 Å². The van der Waals surface area contributed by atoms with Gasteiger partial charge in [0, 0.05) is 12.1 Å². The lowest BCUT2D eigenvalue weighted by Crippen LogP contribution is -2.11. The topological polar surface area (TPSA) is 62.2 Å². The summed E-state index contributed by atoms with van der Waals surface area (Å²) >= 11 is 1.53. The zero-order valence-electron chi connectivity index (χ0n) is 13.8. The van der Waals surface area contributed by atoms with Crippen LogP contribution in [0, 0.1) is 6.92 Å². The van der Waals surface area contributed by atoms with Crippen molar-refractivity contribution < 1.29 is 9.90 Å². The number of hydrogen-bond acceptors (Lipinski definition) is 4. The molecule has 1 aromatic heterocycles. The monoisotopic (exact) mass is 340 g/mol. The van der Waals surface area contributed by atoms with Gasteiger partial charge in [0.2, 0.25) is 5.91 Å². The number of anilines is 1. The molecule has 0 aliphatic heterocycles. The highest BCUT2D eigenvalue weighted by molar-refractivity contribution is 7.21. The highest BCUT2D eigenvalue weighted by Crippen LogP contribution is 2.38. The summed E-state index contributed by atoms with van der Waals surface area (Å²) in [6, 6.07) is 11.5. The number of rotatable bonds is 5. The molecule has 0 unspecified atom stereocenters. The quantitative estimate of drug-likeness (QED) is 0.635. The maximum Gasteiger partial charge on any atom is 0.224 e. The molecule has 0 radical (unpaired) electrons. The van der Waals surface area contributed by atoms with Crippen LogP contribution in [0.3, 0.4) is 0 Å². The van der Waals surface area contributed by atoms with Gasteiger partial charge in [0.15, 0.2) is 0 Å². The number of nitrogens with zero attached hydrogens (tertiary/aromatic N) is 1. The maximum absolute atomic E-state index is 12.0. The molecule has 0 atom stereocenters. The van der Waals surface area contributed by atoms with Crippen LogP contribution in [0.15, 0.2) is 36.4 Å². The Morgan fingerprint density at radius 1 is 1.29 bits per heavy atom. The molecular weight excluding hydrogens is 320 g/mol. The number of carbonyl (C=O) groups excluding carboxylic acids is 1. The van der Waals surface area contributed by atoms with Crippen LogP contribution in [-0.2, 0) is 4.79 Å². The van der Waals surface area contributed by atoms with Gasteiger partial charge in [-0.2, -0.15) is 0 Å². The average Bonchev–Trinajstić information content (AvgIpc) is 3.00. The van der Waals surface area contributed by atoms with Gasteiger partial charge >= 0.3 is 0 Å². The fourth-order valence-corrected chi connectivity index (χ4v) is 3.55. The van der Waals surface area contributed by atoms with E-state index in [2.05, 4.69) is 17.2 Å². The Balaban J connectivity index is 1.96. The van der Waals surface area contributed by atoms with E-state index in [9.17, 15) is 9.90 Å². The van der Waals surface area contributed by atoms with E-state index in [0.29, 0.717) is 17.7 Å². The molecule has 0 saturated heterocycles. The number of amides is 1. The summed E-state index contributed by atoms with van der Waals surface area (Å²) in [6.07, 6.45) is 2.36. The lowest BCUT2D eigenvalue weighted by molar-refractivity contribution is -0.116. The van der Waals surface area contributed by atoms with Gasteiger partial charge in [-0.15, -0.1) is 11.3 Å². The van der Waals surface area contributed by atoms with E-state index in [-0.39, 0.29) is 11.7 Å². The normalized spacial score (nSPS) is 10.9. The number of fused-ring (bicyclic) bond motifs is 1. The molecular formula is C19H20N2O2S. The van der Waals surface area contributed by atoms with E-state index >= 15 is 0 Å². The first-order valence-corrected chi connectivity index (χ1v) is 8.89. The van der Waals surface area contributed by atoms with E-state index in [0.717, 1.165) is 33.6 Å². The van der Waals surface area contributed by atoms with Gasteiger partial charge in [-0.25, -0.2) is 4.98 Å². The van der Waals surface area contributed by atoms with E-state index in [1.807, 2.05) is 31.2 Å². The predicted molar refractivity (Wildman–Crippen MR) is 99.6 cm³/mol. The summed E-state index contributed by atoms with van der Waals surface area (Å²) in [5, 5.41) is 14.1. The molecule has 1 amide bonds. The Morgan fingerprint density at radius 2 is 2.08 bits per heavy atom. The number of carbonyl (C=O) groups is 1. The van der Waals surface area contributed by atoms with Crippen LogP contribution < -0.4 is 5.32 Å². The van der Waals surface area contributed by atoms with E-state index < -0.39 is 0 Å². The largest absolute Gasteiger partial charge is 0.507 e. The van der Waals surface area contributed by atoms with E-state index in [1.54, 1.807) is 12.1 Å². The van der Waals surface area contributed by atoms with Gasteiger partial charge in [0.05, 0.1) is 15.8 Å². The fourth-order valence-electron chi connectivity index (χ4n) is 2.56. The molecule has 3 rings (SSSR count). The lowest BCUT2D eigenvalue weighted by Gasteiger charge is -2.10. The van der Waals surface area contributed by atoms with Gasteiger partial charge in [0.1, 0.15) is 10.8 Å². The average molecular weight is 340 g/mol. The smallest absolute Gasteiger partial charge is 0.224 e. The first-order valence-electron chi connectivity index (χ1n) is 8.08. The van der Waals surface area contributed by atoms with Crippen molar-refractivity contribution in [1.82, 2.24) is 4.98 Å². The minimum Gasteiger partial charge on any atom is -0.507 e. The molecule has 1 heterocycles. The highest BCUT2D eigenvalue weighted by Gasteiger charge is 2.14. The standard InChI is InChI=1S/C19H20N2O2S/c1-3-4-9-17(22)20-13-10-12(2)18(23)14(11-13)19-21-15-7-5-6-8-16(15)24-19/h5-8,10-11,23H,3-4,9H2,1-2H3,(H,20,22). The van der Waals surface area contributed by atoms with Gasteiger partial charge in [-0.05, 0) is 43.2 Å². The molecule has 2 N–H and O–H groups in total. The molecule has 2 aromatic carbocycles. The summed E-state index contributed by atoms with van der Waals surface area (Å²) in [5.74, 6) is 0.206. The highest BCUT2D eigenvalue weighted by atomic mass is 32.1. The van der Waals surface area contributed by atoms with Crippen molar-refractivity contribution in [3.05, 3.63) is 42.0 Å². The summed E-state index contributed by atoms with van der Waals surface area (Å²) in [5.41, 5.74) is 2.98. The van der Waals surface area contributed by atoms with Gasteiger partial charge in [0.25, 0.3) is 0 Å². The van der Waals surface area contributed by atoms with Crippen molar-refractivity contribution >= 4 is 33.1 Å². The number of phenolic OH excluding ortho intramolecular Hbond substituents is 1. The predicted octanol–water partition coefficient (Wildman–Crippen LogP) is 5.11. The van der Waals surface area contributed by atoms with Crippen LogP contribution in [0.5, 0.6) is 5.75 Å². The molecule has 24 heavy (non-hydrogen) atoms. The van der Waals surface area contributed by atoms with E-state index in [1.165, 1.54) is 11.3 Å². The fraction of sp³-hybridized carbons (Fsp3) is 0.263. The number of hydrogen-bond donors (Lipinski definition) is 2. The number of aryl methyl sites for hydroxylation is 1. The summed E-state index contributed by atoms with van der Waals surface area (Å²) in [4.78, 5) is 16.6. The minimum absolute atomic E-state index is 0.00260. The Morgan fingerprint density at radius 3 is 2.83 bits per heavy atom. The molecule has 3 aromatic rings. The number of benzene rings is 2. The molecule has 124 valence electrons. The van der Waals surface area contributed by atoms with Gasteiger partial charge in [-0.3, -0.25) is 4.79 Å². The van der Waals surface area contributed by atoms with Crippen molar-refractivity contribution in [3.63, 3.8) is 0 Å². The maximum atomic E-state index is 12.0. The van der Waals surface area contributed by atoms with Gasteiger partial charge < -0.3 is 10.4 Å². The zero-order chi connectivity index (χ0) is 17.1. The molecule has 0 aliphatic carbocycles. The number of aromatic nitrogens is 1. The molecule has 0 spiro atoms. The van der Waals surface area contributed by atoms with Crippen molar-refractivity contribution in [1.29, 1.82) is 0 Å². The second kappa shape index (κ2) is 7.01. The Bertz CT molecular complexity index is 853. The minimum atomic E-state index is -0.00260. The van der Waals surface area contributed by atoms with Crippen LogP contribution in [-0.4, -0.2) is 16.0 Å². The SMILES string of the molecule is CCCCC(=O)Nc1cc(C)c(O)c(-c2nc3ccccc3s2)c1. The third kappa shape index (κ3) is 3.41. The van der Waals surface area contributed by atoms with Crippen LogP contribution >= 0.6 is 11.3 Å². The van der Waals surface area contributed by atoms with Crippen molar-refractivity contribution in [2.24, 2.45) is 0 Å². The van der Waals surface area contributed by atoms with Crippen molar-refractivity contribution in [3.8, 4) is 16.3 Å².